The highest BCUT2D eigenvalue weighted by molar-refractivity contribution is 6.02. The van der Waals surface area contributed by atoms with E-state index in [1.165, 1.54) is 0 Å². The number of carbonyl (C=O) groups is 1. The van der Waals surface area contributed by atoms with Crippen molar-refractivity contribution < 1.29 is 18.0 Å². The van der Waals surface area contributed by atoms with E-state index in [2.05, 4.69) is 15.4 Å². The third-order valence-corrected chi connectivity index (χ3v) is 1.89. The normalized spacial score (nSPS) is 10.3. The Bertz CT molecular complexity index is 532. The number of hydrogen-bond donors (Lipinski definition) is 2. The Labute approximate surface area is 92.6 Å². The molecule has 1 aromatic carbocycles. The second-order valence-electron chi connectivity index (χ2n) is 3.05. The number of benzene rings is 1. The van der Waals surface area contributed by atoms with Crippen molar-refractivity contribution in [1.82, 2.24) is 15.4 Å². The summed E-state index contributed by atoms with van der Waals surface area (Å²) in [6.07, 6.45) is 1.08. The first-order valence-electron chi connectivity index (χ1n) is 4.39. The summed E-state index contributed by atoms with van der Waals surface area (Å²) in [7, 11) is 0. The molecule has 0 radical (unpaired) electrons. The predicted octanol–water partition coefficient (Wildman–Crippen LogP) is 1.47. The molecule has 0 bridgehead atoms. The summed E-state index contributed by atoms with van der Waals surface area (Å²) in [5.41, 5.74) is -0.882. The number of aromatic amines is 1. The molecule has 0 saturated heterocycles. The summed E-state index contributed by atoms with van der Waals surface area (Å²) in [4.78, 5) is 11.4. The van der Waals surface area contributed by atoms with Gasteiger partial charge >= 0.3 is 0 Å². The van der Waals surface area contributed by atoms with E-state index in [4.69, 9.17) is 0 Å². The third kappa shape index (κ3) is 2.25. The Morgan fingerprint density at radius 2 is 1.88 bits per heavy atom. The Kier molecular flexibility index (Phi) is 2.77. The summed E-state index contributed by atoms with van der Waals surface area (Å²) in [6.45, 7) is 0. The zero-order valence-corrected chi connectivity index (χ0v) is 8.17. The van der Waals surface area contributed by atoms with Crippen LogP contribution in [-0.4, -0.2) is 21.3 Å². The molecule has 0 aliphatic carbocycles. The lowest BCUT2D eigenvalue weighted by atomic mass is 10.2. The van der Waals surface area contributed by atoms with Gasteiger partial charge in [-0.15, -0.1) is 0 Å². The molecule has 0 atom stereocenters. The van der Waals surface area contributed by atoms with Crippen LogP contribution < -0.4 is 5.32 Å². The average Bonchev–Trinajstić information content (AvgIpc) is 2.76. The van der Waals surface area contributed by atoms with Crippen molar-refractivity contribution in [2.75, 3.05) is 5.32 Å². The third-order valence-electron chi connectivity index (χ3n) is 1.89. The lowest BCUT2D eigenvalue weighted by Crippen LogP contribution is -2.15. The van der Waals surface area contributed by atoms with Crippen molar-refractivity contribution >= 4 is 11.6 Å². The highest BCUT2D eigenvalue weighted by atomic mass is 19.1. The van der Waals surface area contributed by atoms with Gasteiger partial charge in [-0.25, -0.2) is 13.2 Å². The summed E-state index contributed by atoms with van der Waals surface area (Å²) >= 11 is 0. The number of halogens is 3. The number of anilines is 1. The first kappa shape index (κ1) is 11.1. The van der Waals surface area contributed by atoms with Gasteiger partial charge < -0.3 is 5.32 Å². The Balaban J connectivity index is 2.28. The number of nitrogens with one attached hydrogen (secondary N) is 2. The molecule has 0 saturated carbocycles. The number of aromatic nitrogens is 3. The largest absolute Gasteiger partial charge is 0.316 e. The molecule has 88 valence electrons. The molecule has 2 rings (SSSR count). The molecular formula is C9H5F3N4O. The number of carbonyl (C=O) groups excluding carboxylic acids is 1. The fraction of sp³-hybridized carbons (Fsp3) is 0. The number of amides is 1. The Morgan fingerprint density at radius 1 is 1.24 bits per heavy atom. The molecule has 0 spiro atoms. The predicted molar refractivity (Wildman–Crippen MR) is 50.7 cm³/mol. The minimum Gasteiger partial charge on any atom is -0.316 e. The van der Waals surface area contributed by atoms with Crippen LogP contribution in [0.25, 0.3) is 0 Å². The zero-order chi connectivity index (χ0) is 12.4. The van der Waals surface area contributed by atoms with Crippen molar-refractivity contribution in [3.8, 4) is 0 Å². The molecule has 1 amide bonds. The zero-order valence-electron chi connectivity index (χ0n) is 8.17. The van der Waals surface area contributed by atoms with Crippen LogP contribution in [0.2, 0.25) is 0 Å². The van der Waals surface area contributed by atoms with Crippen LogP contribution in [0.15, 0.2) is 18.3 Å². The van der Waals surface area contributed by atoms with Gasteiger partial charge in [-0.05, 0) is 0 Å². The maximum absolute atomic E-state index is 13.2. The molecule has 8 heteroatoms. The van der Waals surface area contributed by atoms with Gasteiger partial charge in [-0.3, -0.25) is 4.79 Å². The number of rotatable bonds is 2. The Hall–Kier alpha value is -2.38. The minimum atomic E-state index is -1.21. The molecule has 0 aliphatic rings. The van der Waals surface area contributed by atoms with Crippen molar-refractivity contribution in [3.63, 3.8) is 0 Å². The van der Waals surface area contributed by atoms with Gasteiger partial charge in [-0.2, -0.15) is 15.4 Å². The van der Waals surface area contributed by atoms with Gasteiger partial charge in [0.2, 0.25) is 0 Å². The standard InChI is InChI=1S/C9H5F3N4O/c10-4-1-5(11)8(6(12)2-4)14-9(17)7-3-13-16-15-7/h1-3H,(H,14,17)(H,13,15,16). The summed E-state index contributed by atoms with van der Waals surface area (Å²) < 4.78 is 38.9. The van der Waals surface area contributed by atoms with Crippen molar-refractivity contribution in [2.24, 2.45) is 0 Å². The smallest absolute Gasteiger partial charge is 0.277 e. The van der Waals surface area contributed by atoms with Gasteiger partial charge in [0.15, 0.2) is 17.3 Å². The molecule has 0 aliphatic heterocycles. The fourth-order valence-electron chi connectivity index (χ4n) is 1.15. The van der Waals surface area contributed by atoms with Crippen molar-refractivity contribution in [2.45, 2.75) is 0 Å². The van der Waals surface area contributed by atoms with Gasteiger partial charge in [0.05, 0.1) is 6.20 Å². The summed E-state index contributed by atoms with van der Waals surface area (Å²) in [5, 5.41) is 10.9. The molecular weight excluding hydrogens is 237 g/mol. The van der Waals surface area contributed by atoms with Crippen molar-refractivity contribution in [1.29, 1.82) is 0 Å². The monoisotopic (exact) mass is 242 g/mol. The molecule has 1 heterocycles. The summed E-state index contributed by atoms with van der Waals surface area (Å²) in [6, 6.07) is 0.920. The van der Waals surface area contributed by atoms with Gasteiger partial charge in [0, 0.05) is 12.1 Å². The van der Waals surface area contributed by atoms with Crippen LogP contribution in [0.1, 0.15) is 10.5 Å². The highest BCUT2D eigenvalue weighted by Crippen LogP contribution is 2.20. The van der Waals surface area contributed by atoms with E-state index in [9.17, 15) is 18.0 Å². The van der Waals surface area contributed by atoms with Gasteiger partial charge in [0.25, 0.3) is 5.91 Å². The van der Waals surface area contributed by atoms with Crippen LogP contribution in [0.3, 0.4) is 0 Å². The average molecular weight is 242 g/mol. The SMILES string of the molecule is O=C(Nc1c(F)cc(F)cc1F)c1cn[nH]n1. The fourth-order valence-corrected chi connectivity index (χ4v) is 1.15. The second kappa shape index (κ2) is 4.24. The molecule has 0 unspecified atom stereocenters. The van der Waals surface area contributed by atoms with Crippen LogP contribution in [-0.2, 0) is 0 Å². The molecule has 0 fully saturated rings. The molecule has 2 N–H and O–H groups in total. The minimum absolute atomic E-state index is 0.145. The quantitative estimate of drug-likeness (QED) is 0.837. The number of H-pyrrole nitrogens is 1. The first-order valence-corrected chi connectivity index (χ1v) is 4.39. The van der Waals surface area contributed by atoms with Gasteiger partial charge in [0.1, 0.15) is 11.5 Å². The first-order chi connectivity index (χ1) is 8.08. The Morgan fingerprint density at radius 3 is 2.41 bits per heavy atom. The summed E-state index contributed by atoms with van der Waals surface area (Å²) in [5.74, 6) is -4.35. The molecule has 2 aromatic rings. The second-order valence-corrected chi connectivity index (χ2v) is 3.05. The van der Waals surface area contributed by atoms with Gasteiger partial charge in [-0.1, -0.05) is 0 Å². The topological polar surface area (TPSA) is 70.7 Å². The molecule has 5 nitrogen and oxygen atoms in total. The van der Waals surface area contributed by atoms with E-state index in [1.807, 2.05) is 5.32 Å². The van der Waals surface area contributed by atoms with Crippen LogP contribution >= 0.6 is 0 Å². The van der Waals surface area contributed by atoms with Crippen molar-refractivity contribution in [3.05, 3.63) is 41.5 Å². The maximum Gasteiger partial charge on any atom is 0.277 e. The van der Waals surface area contributed by atoms with E-state index in [0.29, 0.717) is 12.1 Å². The lowest BCUT2D eigenvalue weighted by molar-refractivity contribution is 0.102. The van der Waals surface area contributed by atoms with E-state index in [-0.39, 0.29) is 5.69 Å². The molecule has 1 aromatic heterocycles. The van der Waals surface area contributed by atoms with E-state index in [0.717, 1.165) is 6.20 Å². The number of hydrogen-bond acceptors (Lipinski definition) is 3. The van der Waals surface area contributed by atoms with E-state index < -0.39 is 29.0 Å². The maximum atomic E-state index is 13.2. The molecule has 17 heavy (non-hydrogen) atoms. The highest BCUT2D eigenvalue weighted by Gasteiger charge is 2.16. The lowest BCUT2D eigenvalue weighted by Gasteiger charge is -2.05. The van der Waals surface area contributed by atoms with Crippen LogP contribution in [0.4, 0.5) is 18.9 Å². The van der Waals surface area contributed by atoms with E-state index in [1.54, 1.807) is 0 Å². The van der Waals surface area contributed by atoms with E-state index >= 15 is 0 Å². The van der Waals surface area contributed by atoms with Crippen LogP contribution in [0.5, 0.6) is 0 Å². The number of nitrogens with zero attached hydrogens (tertiary/aromatic N) is 2. The van der Waals surface area contributed by atoms with Crippen LogP contribution in [0, 0.1) is 17.5 Å².